The van der Waals surface area contributed by atoms with E-state index in [9.17, 15) is 0 Å². The van der Waals surface area contributed by atoms with Crippen LogP contribution in [0.3, 0.4) is 0 Å². The van der Waals surface area contributed by atoms with Gasteiger partial charge >= 0.3 is 0 Å². The van der Waals surface area contributed by atoms with Crippen molar-refractivity contribution in [3.05, 3.63) is 29.8 Å². The van der Waals surface area contributed by atoms with Crippen LogP contribution in [-0.2, 0) is 0 Å². The molecular weight excluding hydrogens is 462 g/mol. The van der Waals surface area contributed by atoms with E-state index in [1.807, 2.05) is 27.7 Å². The normalized spacial score (nSPS) is 12.9. The summed E-state index contributed by atoms with van der Waals surface area (Å²) in [4.78, 5) is 2.43. The standard InChI is InChI=1S/C11H16N2.2C2H6.I2/c1-10-2-4-11(5-3-10)13-8-6-12-7-9-13;3*1-2/h2-5,12H,6-9H2,1H3;2*1-2H3;. The third kappa shape index (κ3) is 9.90. The smallest absolute Gasteiger partial charge is 0.0367 e. The summed E-state index contributed by atoms with van der Waals surface area (Å²) in [5, 5.41) is 3.35. The second-order valence-corrected chi connectivity index (χ2v) is 3.57. The maximum Gasteiger partial charge on any atom is 0.0367 e. The van der Waals surface area contributed by atoms with Crippen LogP contribution in [0, 0.1) is 6.92 Å². The number of rotatable bonds is 1. The Morgan fingerprint density at radius 2 is 1.32 bits per heavy atom. The van der Waals surface area contributed by atoms with Crippen LogP contribution in [-0.4, -0.2) is 26.2 Å². The number of hydrogen-bond donors (Lipinski definition) is 1. The average Bonchev–Trinajstić information content (AvgIpc) is 2.55. The van der Waals surface area contributed by atoms with E-state index in [1.165, 1.54) is 11.3 Å². The first-order valence-electron chi connectivity index (χ1n) is 7.03. The summed E-state index contributed by atoms with van der Waals surface area (Å²) >= 11 is 4.24. The van der Waals surface area contributed by atoms with Crippen LogP contribution < -0.4 is 10.2 Å². The molecule has 1 aliphatic heterocycles. The lowest BCUT2D eigenvalue weighted by Crippen LogP contribution is -2.43. The number of benzene rings is 1. The molecule has 0 unspecified atom stereocenters. The molecule has 1 fully saturated rings. The van der Waals surface area contributed by atoms with Gasteiger partial charge in [0.25, 0.3) is 0 Å². The highest BCUT2D eigenvalue weighted by molar-refractivity contribution is 15.0. The lowest BCUT2D eigenvalue weighted by atomic mass is 10.2. The zero-order valence-electron chi connectivity index (χ0n) is 12.8. The zero-order chi connectivity index (χ0) is 15.1. The van der Waals surface area contributed by atoms with E-state index >= 15 is 0 Å². The van der Waals surface area contributed by atoms with Crippen molar-refractivity contribution in [3.63, 3.8) is 0 Å². The summed E-state index contributed by atoms with van der Waals surface area (Å²) in [5.74, 6) is 0. The highest BCUT2D eigenvalue weighted by Crippen LogP contribution is 2.14. The van der Waals surface area contributed by atoms with E-state index in [2.05, 4.69) is 78.6 Å². The molecule has 112 valence electrons. The van der Waals surface area contributed by atoms with Crippen molar-refractivity contribution in [2.45, 2.75) is 34.6 Å². The van der Waals surface area contributed by atoms with Crippen LogP contribution in [0.15, 0.2) is 24.3 Å². The zero-order valence-corrected chi connectivity index (χ0v) is 17.2. The summed E-state index contributed by atoms with van der Waals surface area (Å²) in [7, 11) is 0. The summed E-state index contributed by atoms with van der Waals surface area (Å²) in [5.41, 5.74) is 2.69. The Morgan fingerprint density at radius 1 is 0.895 bits per heavy atom. The van der Waals surface area contributed by atoms with Crippen molar-refractivity contribution < 1.29 is 0 Å². The molecule has 0 radical (unpaired) electrons. The molecule has 1 aromatic rings. The van der Waals surface area contributed by atoms with E-state index in [-0.39, 0.29) is 0 Å². The fraction of sp³-hybridized carbons (Fsp3) is 0.600. The molecule has 0 bridgehead atoms. The molecule has 2 nitrogen and oxygen atoms in total. The van der Waals surface area contributed by atoms with Crippen molar-refractivity contribution in [1.82, 2.24) is 5.32 Å². The highest BCUT2D eigenvalue weighted by Gasteiger charge is 2.08. The SMILES string of the molecule is CC.CC.Cc1ccc(N2CCNCC2)cc1.II. The summed E-state index contributed by atoms with van der Waals surface area (Å²) < 4.78 is 0. The number of nitrogens with zero attached hydrogens (tertiary/aromatic N) is 1. The van der Waals surface area contributed by atoms with Crippen molar-refractivity contribution in [1.29, 1.82) is 0 Å². The molecule has 19 heavy (non-hydrogen) atoms. The first-order chi connectivity index (χ1) is 9.36. The summed E-state index contributed by atoms with van der Waals surface area (Å²) in [6.07, 6.45) is 0. The Morgan fingerprint density at radius 3 is 1.74 bits per heavy atom. The molecule has 0 saturated carbocycles. The molecule has 1 saturated heterocycles. The lowest BCUT2D eigenvalue weighted by Gasteiger charge is -2.29. The molecular formula is C15H28I2N2. The van der Waals surface area contributed by atoms with Gasteiger partial charge in [0.1, 0.15) is 0 Å². The second-order valence-electron chi connectivity index (χ2n) is 3.57. The summed E-state index contributed by atoms with van der Waals surface area (Å²) in [6, 6.07) is 8.77. The third-order valence-electron chi connectivity index (χ3n) is 2.52. The van der Waals surface area contributed by atoms with Crippen LogP contribution >= 0.6 is 37.2 Å². The molecule has 1 aromatic carbocycles. The topological polar surface area (TPSA) is 15.3 Å². The first kappa shape index (κ1) is 21.7. The number of halogens is 2. The molecule has 0 aromatic heterocycles. The van der Waals surface area contributed by atoms with Crippen molar-refractivity contribution >= 4 is 42.9 Å². The maximum absolute atomic E-state index is 3.35. The van der Waals surface area contributed by atoms with Crippen molar-refractivity contribution in [3.8, 4) is 0 Å². The lowest BCUT2D eigenvalue weighted by molar-refractivity contribution is 0.589. The average molecular weight is 490 g/mol. The van der Waals surface area contributed by atoms with Gasteiger partial charge in [-0.3, -0.25) is 0 Å². The van der Waals surface area contributed by atoms with Gasteiger partial charge in [0.2, 0.25) is 0 Å². The molecule has 4 heteroatoms. The maximum atomic E-state index is 3.35. The van der Waals surface area contributed by atoms with E-state index in [0.717, 1.165) is 26.2 Å². The van der Waals surface area contributed by atoms with Gasteiger partial charge in [-0.25, -0.2) is 0 Å². The molecule has 0 aliphatic carbocycles. The number of aryl methyl sites for hydroxylation is 1. The number of anilines is 1. The van der Waals surface area contributed by atoms with Crippen molar-refractivity contribution in [2.24, 2.45) is 0 Å². The largest absolute Gasteiger partial charge is 0.369 e. The molecule has 2 rings (SSSR count). The van der Waals surface area contributed by atoms with Gasteiger partial charge < -0.3 is 10.2 Å². The Balaban J connectivity index is 0. The Labute approximate surface area is 143 Å². The fourth-order valence-electron chi connectivity index (χ4n) is 1.68. The Kier molecular flexibility index (Phi) is 18.9. The predicted molar refractivity (Wildman–Crippen MR) is 107 cm³/mol. The van der Waals surface area contributed by atoms with Gasteiger partial charge in [0, 0.05) is 69.1 Å². The minimum atomic E-state index is 1.11. The Hall–Kier alpha value is 0.440. The number of piperazine rings is 1. The van der Waals surface area contributed by atoms with Crippen molar-refractivity contribution in [2.75, 3.05) is 31.1 Å². The van der Waals surface area contributed by atoms with E-state index in [1.54, 1.807) is 0 Å². The van der Waals surface area contributed by atoms with Crippen LogP contribution in [0.1, 0.15) is 33.3 Å². The predicted octanol–water partition coefficient (Wildman–Crippen LogP) is 5.23. The molecule has 1 N–H and O–H groups in total. The molecule has 0 amide bonds. The molecule has 0 atom stereocenters. The van der Waals surface area contributed by atoms with Crippen LogP contribution in [0.25, 0.3) is 0 Å². The van der Waals surface area contributed by atoms with E-state index < -0.39 is 0 Å². The van der Waals surface area contributed by atoms with E-state index in [4.69, 9.17) is 0 Å². The number of hydrogen-bond acceptors (Lipinski definition) is 2. The van der Waals surface area contributed by atoms with Gasteiger partial charge in [0.15, 0.2) is 0 Å². The minimum absolute atomic E-state index is 1.11. The number of nitrogens with one attached hydrogen (secondary N) is 1. The van der Waals surface area contributed by atoms with Crippen LogP contribution in [0.4, 0.5) is 5.69 Å². The molecule has 1 heterocycles. The third-order valence-corrected chi connectivity index (χ3v) is 2.52. The first-order valence-corrected chi connectivity index (χ1v) is 13.3. The van der Waals surface area contributed by atoms with E-state index in [0.29, 0.717) is 0 Å². The summed E-state index contributed by atoms with van der Waals surface area (Å²) in [6.45, 7) is 14.6. The van der Waals surface area contributed by atoms with Gasteiger partial charge in [-0.1, -0.05) is 45.4 Å². The van der Waals surface area contributed by atoms with Gasteiger partial charge in [-0.2, -0.15) is 0 Å². The monoisotopic (exact) mass is 490 g/mol. The highest BCUT2D eigenvalue weighted by atomic mass is 128. The second kappa shape index (κ2) is 16.5. The van der Waals surface area contributed by atoms with Gasteiger partial charge in [-0.15, -0.1) is 0 Å². The quantitative estimate of drug-likeness (QED) is 0.543. The Bertz CT molecular complexity index is 270. The van der Waals surface area contributed by atoms with Gasteiger partial charge in [-0.05, 0) is 19.1 Å². The van der Waals surface area contributed by atoms with Gasteiger partial charge in [0.05, 0.1) is 0 Å². The fourth-order valence-corrected chi connectivity index (χ4v) is 1.68. The minimum Gasteiger partial charge on any atom is -0.369 e. The molecule has 0 spiro atoms. The van der Waals surface area contributed by atoms with Crippen LogP contribution in [0.2, 0.25) is 0 Å². The van der Waals surface area contributed by atoms with Crippen LogP contribution in [0.5, 0.6) is 0 Å². The molecule has 1 aliphatic rings.